The maximum atomic E-state index is 13.8. The minimum absolute atomic E-state index is 0.0478. The number of nitrogens with zero attached hydrogens (tertiary/aromatic N) is 2. The van der Waals surface area contributed by atoms with Gasteiger partial charge in [-0.1, -0.05) is 135 Å². The van der Waals surface area contributed by atoms with E-state index in [-0.39, 0.29) is 36.5 Å². The van der Waals surface area contributed by atoms with Crippen molar-refractivity contribution < 1.29 is 77.7 Å². The van der Waals surface area contributed by atoms with Crippen molar-refractivity contribution in [3.63, 3.8) is 0 Å². The van der Waals surface area contributed by atoms with Crippen molar-refractivity contribution in [3.8, 4) is 0 Å². The van der Waals surface area contributed by atoms with Gasteiger partial charge in [0.1, 0.15) is 30.1 Å². The van der Waals surface area contributed by atoms with Crippen LogP contribution in [0.2, 0.25) is 0 Å². The Bertz CT molecular complexity index is 2810. The number of benzene rings is 2. The van der Waals surface area contributed by atoms with Gasteiger partial charge in [0.2, 0.25) is 11.6 Å². The molecule has 4 N–H and O–H groups in total. The molecule has 2 amide bonds. The van der Waals surface area contributed by atoms with Gasteiger partial charge in [0.15, 0.2) is 5.78 Å². The van der Waals surface area contributed by atoms with E-state index in [1.165, 1.54) is 15.9 Å². The maximum absolute atomic E-state index is 13.8. The molecule has 4 bridgehead atoms. The van der Waals surface area contributed by atoms with E-state index < -0.39 is 131 Å². The van der Waals surface area contributed by atoms with Crippen molar-refractivity contribution in [2.45, 2.75) is 244 Å². The highest BCUT2D eigenvalue weighted by molar-refractivity contribution is 6.39. The Morgan fingerprint density at radius 2 is 1.00 bits per heavy atom. The first-order valence-electron chi connectivity index (χ1n) is 33.7. The van der Waals surface area contributed by atoms with Crippen molar-refractivity contribution in [3.05, 3.63) is 96.1 Å². The molecular formula is C72H102N2O16. The van der Waals surface area contributed by atoms with Crippen LogP contribution in [0.3, 0.4) is 0 Å². The van der Waals surface area contributed by atoms with Crippen molar-refractivity contribution >= 4 is 46.9 Å². The molecule has 0 aliphatic carbocycles. The lowest BCUT2D eigenvalue weighted by Gasteiger charge is -2.44. The van der Waals surface area contributed by atoms with Crippen molar-refractivity contribution in [1.29, 1.82) is 0 Å². The number of cyclic esters (lactones) is 2. The van der Waals surface area contributed by atoms with Crippen molar-refractivity contribution in [2.24, 2.45) is 47.3 Å². The molecule has 0 spiro atoms. The van der Waals surface area contributed by atoms with Crippen LogP contribution in [0, 0.1) is 47.3 Å². The zero-order valence-corrected chi connectivity index (χ0v) is 54.5. The topological polar surface area (TPSA) is 261 Å². The number of carbonyl (C=O) groups is 8. The van der Waals surface area contributed by atoms with Crippen LogP contribution >= 0.6 is 0 Å². The molecule has 6 aliphatic rings. The Kier molecular flexibility index (Phi) is 26.4. The minimum Gasteiger partial charge on any atom is -0.461 e. The number of hydrogen-bond donors (Lipinski definition) is 4. The van der Waals surface area contributed by atoms with Crippen molar-refractivity contribution in [1.82, 2.24) is 9.80 Å². The summed E-state index contributed by atoms with van der Waals surface area (Å²) in [7, 11) is 0. The Labute approximate surface area is 532 Å². The average molecular weight is 1250 g/mol. The fraction of sp³-hybridized carbons (Fsp3) is 0.667. The molecule has 0 unspecified atom stereocenters. The van der Waals surface area contributed by atoms with Gasteiger partial charge in [0, 0.05) is 60.9 Å². The number of ketones is 4. The molecule has 6 aliphatic heterocycles. The summed E-state index contributed by atoms with van der Waals surface area (Å²) in [6, 6.07) is 18.1. The Morgan fingerprint density at radius 1 is 0.533 bits per heavy atom. The molecule has 8 rings (SSSR count). The second-order valence-electron chi connectivity index (χ2n) is 26.7. The Morgan fingerprint density at radius 3 is 1.50 bits per heavy atom. The van der Waals surface area contributed by atoms with Gasteiger partial charge >= 0.3 is 11.9 Å². The van der Waals surface area contributed by atoms with Gasteiger partial charge in [-0.3, -0.25) is 28.8 Å². The van der Waals surface area contributed by atoms with Crippen LogP contribution < -0.4 is 0 Å². The number of carbonyl (C=O) groups excluding carboxylic acids is 8. The molecule has 0 aromatic heterocycles. The number of hydrogen-bond acceptors (Lipinski definition) is 16. The van der Waals surface area contributed by atoms with Crippen LogP contribution in [0.4, 0.5) is 0 Å². The summed E-state index contributed by atoms with van der Waals surface area (Å²) in [6.07, 6.45) is 13.7. The number of ether oxygens (including phenoxy) is 4. The van der Waals surface area contributed by atoms with E-state index in [1.807, 2.05) is 67.6 Å². The first kappa shape index (κ1) is 71.7. The number of Topliss-reactive ketones (excluding diaryl/α,β-unsaturated/α-hetero) is 3. The molecule has 5 saturated heterocycles. The normalized spacial score (nSPS) is 35.8. The predicted molar refractivity (Wildman–Crippen MR) is 337 cm³/mol. The summed E-state index contributed by atoms with van der Waals surface area (Å²) >= 11 is 0. The molecular weight excluding hydrogens is 1150 g/mol. The zero-order valence-electron chi connectivity index (χ0n) is 54.5. The number of allylic oxidation sites excluding steroid dienone is 3. The molecule has 2 aromatic carbocycles. The number of aliphatic hydroxyl groups is 4. The van der Waals surface area contributed by atoms with E-state index in [0.717, 1.165) is 36.8 Å². The molecule has 18 nitrogen and oxygen atoms in total. The molecule has 18 heteroatoms. The van der Waals surface area contributed by atoms with Gasteiger partial charge in [0.05, 0.1) is 24.4 Å². The van der Waals surface area contributed by atoms with Gasteiger partial charge in [-0.2, -0.15) is 0 Å². The molecule has 18 atom stereocenters. The molecule has 90 heavy (non-hydrogen) atoms. The van der Waals surface area contributed by atoms with Crippen LogP contribution in [0.1, 0.15) is 182 Å². The van der Waals surface area contributed by atoms with E-state index in [0.29, 0.717) is 103 Å². The largest absolute Gasteiger partial charge is 0.461 e. The van der Waals surface area contributed by atoms with Gasteiger partial charge < -0.3 is 49.2 Å². The maximum Gasteiger partial charge on any atom is 0.329 e. The summed E-state index contributed by atoms with van der Waals surface area (Å²) in [5.74, 6) is -14.3. The SMILES string of the molecule is CC[C@H](Cc1ccccc1)[C@@H]1/C=C/C/C=C/C(=O)[C@@H](C)[C@H](O)[C@@H](C)[C@@H]2CC[C@@H](C)[C@@](O)(O2)C(=O)C(=O)N2CCCC[C@H]2C(=O)O1.CC[C@H](Cc1ccccc1)[C@@H]1CCCCCC(=O)[C@@H](C)[C@H](O)[C@@H](C)[C@@H]2CC[C@@H](C)[C@@](O)(O2)C(=O)C(=O)N2CCCC[C@H]2C(=O)O1. The van der Waals surface area contributed by atoms with Crippen LogP contribution in [-0.4, -0.2) is 150 Å². The van der Waals surface area contributed by atoms with Crippen LogP contribution in [0.25, 0.3) is 0 Å². The van der Waals surface area contributed by atoms with E-state index in [9.17, 15) is 58.8 Å². The molecule has 0 saturated carbocycles. The van der Waals surface area contributed by atoms with E-state index >= 15 is 0 Å². The number of rotatable bonds is 8. The van der Waals surface area contributed by atoms with Gasteiger partial charge in [-0.25, -0.2) is 9.59 Å². The van der Waals surface area contributed by atoms with Crippen LogP contribution in [-0.2, 0) is 70.1 Å². The van der Waals surface area contributed by atoms with Crippen LogP contribution in [0.5, 0.6) is 0 Å². The fourth-order valence-electron chi connectivity index (χ4n) is 14.1. The third-order valence-electron chi connectivity index (χ3n) is 20.6. The second kappa shape index (κ2) is 33.2. The number of piperidine rings is 2. The summed E-state index contributed by atoms with van der Waals surface area (Å²) in [6.45, 7) is 14.6. The van der Waals surface area contributed by atoms with Gasteiger partial charge in [-0.05, 0) is 145 Å². The molecule has 6 heterocycles. The fourth-order valence-corrected chi connectivity index (χ4v) is 14.1. The smallest absolute Gasteiger partial charge is 0.329 e. The lowest BCUT2D eigenvalue weighted by molar-refractivity contribution is -0.274. The molecule has 496 valence electrons. The summed E-state index contributed by atoms with van der Waals surface area (Å²) in [5.41, 5.74) is 2.25. The monoisotopic (exact) mass is 1250 g/mol. The predicted octanol–water partition coefficient (Wildman–Crippen LogP) is 9.13. The third kappa shape index (κ3) is 17.5. The minimum atomic E-state index is -2.43. The first-order chi connectivity index (χ1) is 42.9. The zero-order chi connectivity index (χ0) is 65.5. The average Bonchev–Trinajstić information content (AvgIpc) is 1.12. The molecule has 0 radical (unpaired) electrons. The Hall–Kier alpha value is -5.76. The molecule has 5 fully saturated rings. The first-order valence-corrected chi connectivity index (χ1v) is 33.7. The lowest BCUT2D eigenvalue weighted by atomic mass is 9.79. The van der Waals surface area contributed by atoms with Gasteiger partial charge in [0.25, 0.3) is 23.4 Å². The number of amides is 2. The summed E-state index contributed by atoms with van der Waals surface area (Å²) in [4.78, 5) is 111. The molecule has 2 aromatic rings. The van der Waals surface area contributed by atoms with Crippen LogP contribution in [0.15, 0.2) is 85.0 Å². The number of aliphatic hydroxyl groups excluding tert-OH is 2. The highest BCUT2D eigenvalue weighted by Gasteiger charge is 2.56. The van der Waals surface area contributed by atoms with E-state index in [1.54, 1.807) is 47.6 Å². The standard InChI is InChI=1S/C36H53NO8.C36H49NO8/c2*1-5-27(22-26-14-8-6-9-15-26)31-18-11-7-10-17-29(38)24(3)32(39)25(4)30-20-19-23(2)36(43,45-30)33(40)34(41)37-21-13-12-16-28(37)35(42)44-31/h6,8-9,14-15,23-25,27-28,30-32,39,43H,5,7,10-13,16-22H2,1-4H3;6,8-11,14-15,17-18,23-25,27-28,30-32,39,43H,5,7,12-13,16,19-22H2,1-4H3/b;17-10+,18-11+/t2*23-,24-,25+,27-,28+,30+,31+,32+,36-/m11/s1. The third-order valence-corrected chi connectivity index (χ3v) is 20.6. The number of fused-ring (bicyclic) bond motifs is 6. The lowest BCUT2D eigenvalue weighted by Crippen LogP contribution is -2.61. The highest BCUT2D eigenvalue weighted by atomic mass is 16.6. The van der Waals surface area contributed by atoms with E-state index in [4.69, 9.17) is 18.9 Å². The van der Waals surface area contributed by atoms with E-state index in [2.05, 4.69) is 19.1 Å². The highest BCUT2D eigenvalue weighted by Crippen LogP contribution is 2.41. The number of esters is 2. The summed E-state index contributed by atoms with van der Waals surface area (Å²) in [5, 5.41) is 45.5. The summed E-state index contributed by atoms with van der Waals surface area (Å²) < 4.78 is 24.4. The van der Waals surface area contributed by atoms with Crippen molar-refractivity contribution in [2.75, 3.05) is 13.1 Å². The van der Waals surface area contributed by atoms with Gasteiger partial charge in [-0.15, -0.1) is 0 Å². The second-order valence-corrected chi connectivity index (χ2v) is 26.7. The Balaban J connectivity index is 0.000000256. The quantitative estimate of drug-likeness (QED) is 0.109.